The Morgan fingerprint density at radius 3 is 2.61 bits per heavy atom. The number of amides is 1. The Hall–Kier alpha value is -1.41. The molecule has 0 bridgehead atoms. The van der Waals surface area contributed by atoms with Crippen molar-refractivity contribution in [1.82, 2.24) is 15.5 Å². The predicted molar refractivity (Wildman–Crippen MR) is 121 cm³/mol. The van der Waals surface area contributed by atoms with Crippen molar-refractivity contribution < 1.29 is 9.90 Å². The maximum Gasteiger partial charge on any atom is 0.270 e. The molecule has 9 atom stereocenters. The zero-order valence-electron chi connectivity index (χ0n) is 16.0. The van der Waals surface area contributed by atoms with E-state index < -0.39 is 40.7 Å². The highest BCUT2D eigenvalue weighted by Gasteiger charge is 2.80. The molecule has 31 heavy (non-hydrogen) atoms. The summed E-state index contributed by atoms with van der Waals surface area (Å²) in [7, 11) is 0. The third-order valence-corrected chi connectivity index (χ3v) is 10.5. The molecule has 1 amide bonds. The number of fused-ring (bicyclic) bond motifs is 4. The number of alkyl halides is 1. The Labute approximate surface area is 198 Å². The number of aliphatic hydroxyl groups excluding tert-OH is 1. The van der Waals surface area contributed by atoms with Gasteiger partial charge in [0.15, 0.2) is 18.1 Å². The van der Waals surface area contributed by atoms with Crippen molar-refractivity contribution in [2.75, 3.05) is 13.1 Å². The molecule has 1 saturated carbocycles. The van der Waals surface area contributed by atoms with Crippen molar-refractivity contribution in [3.63, 3.8) is 0 Å². The highest BCUT2D eigenvalue weighted by Crippen LogP contribution is 2.63. The molecule has 3 fully saturated rings. The molecule has 166 valence electrons. The van der Waals surface area contributed by atoms with Gasteiger partial charge in [0, 0.05) is 16.9 Å². The summed E-state index contributed by atoms with van der Waals surface area (Å²) in [6, 6.07) is -0.489. The number of rotatable bonds is 1. The summed E-state index contributed by atoms with van der Waals surface area (Å²) >= 11 is 14.0. The number of hydrogen-bond acceptors (Lipinski definition) is 10. The smallest absolute Gasteiger partial charge is 0.270 e. The second kappa shape index (κ2) is 6.13. The van der Waals surface area contributed by atoms with E-state index in [0.29, 0.717) is 16.9 Å². The van der Waals surface area contributed by atoms with Gasteiger partial charge in [0.1, 0.15) is 27.6 Å². The van der Waals surface area contributed by atoms with Gasteiger partial charge in [-0.1, -0.05) is 15.9 Å². The molecular weight excluding hydrogens is 558 g/mol. The maximum atomic E-state index is 13.7. The highest BCUT2D eigenvalue weighted by molar-refractivity contribution is 9.14. The van der Waals surface area contributed by atoms with E-state index in [4.69, 9.17) is 33.8 Å². The Balaban J connectivity index is 1.58. The quantitative estimate of drug-likeness (QED) is 0.158. The van der Waals surface area contributed by atoms with E-state index in [0.717, 1.165) is 4.48 Å². The number of carbonyl (C=O) groups excluding carboxylic acids is 1. The molecule has 11 nitrogen and oxygen atoms in total. The summed E-state index contributed by atoms with van der Waals surface area (Å²) in [4.78, 5) is 28.7. The molecule has 6 rings (SSSR count). The molecule has 0 aromatic rings. The third-order valence-electron chi connectivity index (χ3n) is 7.77. The fraction of sp³-hybridized carbons (Fsp3) is 0.647. The number of piperidine rings is 1. The summed E-state index contributed by atoms with van der Waals surface area (Å²) in [6.45, 7) is 0.655. The minimum Gasteiger partial charge on any atom is -0.370 e. The molecule has 2 saturated heterocycles. The second-order valence-electron chi connectivity index (χ2n) is 8.83. The molecule has 6 aliphatic rings. The molecule has 5 heterocycles. The average Bonchev–Trinajstić information content (AvgIpc) is 3.43. The minimum absolute atomic E-state index is 0.0990. The van der Waals surface area contributed by atoms with Gasteiger partial charge in [-0.2, -0.15) is 0 Å². The van der Waals surface area contributed by atoms with E-state index >= 15 is 0 Å². The van der Waals surface area contributed by atoms with Crippen LogP contribution < -0.4 is 27.8 Å². The van der Waals surface area contributed by atoms with Crippen molar-refractivity contribution in [1.29, 1.82) is 0 Å². The number of aliphatic imine (C=N–C) groups is 3. The Morgan fingerprint density at radius 2 is 1.97 bits per heavy atom. The van der Waals surface area contributed by atoms with Gasteiger partial charge in [0.05, 0.1) is 11.3 Å². The third kappa shape index (κ3) is 2.08. The Morgan fingerprint density at radius 1 is 1.26 bits per heavy atom. The van der Waals surface area contributed by atoms with Gasteiger partial charge in [-0.3, -0.25) is 4.79 Å². The minimum atomic E-state index is -1.21. The van der Waals surface area contributed by atoms with Crippen LogP contribution in [0.25, 0.3) is 0 Å². The number of carbonyl (C=O) groups is 1. The normalized spacial score (nSPS) is 49.3. The first-order chi connectivity index (χ1) is 14.7. The zero-order valence-corrected chi connectivity index (χ0v) is 19.9. The predicted octanol–water partition coefficient (Wildman–Crippen LogP) is -1.74. The van der Waals surface area contributed by atoms with Crippen LogP contribution in [0, 0.1) is 23.7 Å². The monoisotopic (exact) mass is 575 g/mol. The molecule has 2 spiro atoms. The standard InChI is InChI=1S/C17H20Br2ClN9O2/c18-6-5-7(24-11(6)19)12(30)29-2-4-3(1-21)9(20)16(13(31)26-15(23)27-16)8(4)17(29)10(5)25-14(22)28-17/h3-5,8-10,13,31H,1-2,21H2,(H3,22,25,28)(H3,23,26,27)/t3-,4+,5-,8+,9-,10+,13-,16+,17-/m1/s1. The topological polar surface area (TPSA) is 180 Å². The number of hydrogen-bond donors (Lipinski definition) is 6. The van der Waals surface area contributed by atoms with Crippen LogP contribution in [0.5, 0.6) is 0 Å². The van der Waals surface area contributed by atoms with Crippen LogP contribution >= 0.6 is 43.5 Å². The van der Waals surface area contributed by atoms with E-state index in [-0.39, 0.29) is 36.2 Å². The van der Waals surface area contributed by atoms with Gasteiger partial charge in [0.25, 0.3) is 5.91 Å². The molecule has 1 aliphatic carbocycles. The summed E-state index contributed by atoms with van der Waals surface area (Å²) in [5.41, 5.74) is 16.6. The van der Waals surface area contributed by atoms with Crippen LogP contribution in [0.1, 0.15) is 0 Å². The van der Waals surface area contributed by atoms with E-state index in [1.165, 1.54) is 0 Å². The highest BCUT2D eigenvalue weighted by atomic mass is 79.9. The number of nitrogens with zero attached hydrogens (tertiary/aromatic N) is 4. The average molecular weight is 578 g/mol. The number of aliphatic hydroxyl groups is 1. The van der Waals surface area contributed by atoms with Crippen LogP contribution in [0.15, 0.2) is 24.1 Å². The maximum absolute atomic E-state index is 13.7. The van der Waals surface area contributed by atoms with Crippen LogP contribution in [0.3, 0.4) is 0 Å². The number of halogens is 3. The number of guanidine groups is 2. The van der Waals surface area contributed by atoms with Gasteiger partial charge < -0.3 is 37.8 Å². The van der Waals surface area contributed by atoms with Gasteiger partial charge in [-0.25, -0.2) is 15.0 Å². The van der Waals surface area contributed by atoms with Crippen molar-refractivity contribution in [3.8, 4) is 0 Å². The molecule has 14 heteroatoms. The first kappa shape index (κ1) is 20.2. The molecule has 0 aromatic carbocycles. The van der Waals surface area contributed by atoms with Crippen LogP contribution in [-0.2, 0) is 4.79 Å². The fourth-order valence-electron chi connectivity index (χ4n) is 6.82. The fourth-order valence-corrected chi connectivity index (χ4v) is 8.41. The number of nitrogens with one attached hydrogen (secondary N) is 2. The van der Waals surface area contributed by atoms with E-state index in [1.54, 1.807) is 4.90 Å². The molecule has 0 radical (unpaired) electrons. The largest absolute Gasteiger partial charge is 0.370 e. The van der Waals surface area contributed by atoms with Crippen molar-refractivity contribution in [3.05, 3.63) is 9.09 Å². The number of nitrogens with two attached hydrogens (primary N) is 3. The van der Waals surface area contributed by atoms with Crippen molar-refractivity contribution >= 4 is 67.0 Å². The lowest BCUT2D eigenvalue weighted by molar-refractivity contribution is -0.135. The Bertz CT molecular complexity index is 1050. The van der Waals surface area contributed by atoms with Gasteiger partial charge in [-0.05, 0) is 34.3 Å². The molecular formula is C17H20Br2ClN9O2. The SMILES string of the molecule is NC[C@@H]1[C@@H]2CN3C(=O)C4=NC(Br)=C(Br)[C@H]4[C@@H]4N=C(N)N[C@@]43[C@@H]2[C@]2(NC(N)=N[C@@H]2O)[C@@H]1Cl. The van der Waals surface area contributed by atoms with Crippen molar-refractivity contribution in [2.24, 2.45) is 55.8 Å². The summed E-state index contributed by atoms with van der Waals surface area (Å²) in [6.07, 6.45) is -1.21. The molecule has 0 unspecified atom stereocenters. The van der Waals surface area contributed by atoms with E-state index in [2.05, 4.69) is 52.5 Å². The van der Waals surface area contributed by atoms with Crippen molar-refractivity contribution in [2.45, 2.75) is 28.8 Å². The van der Waals surface area contributed by atoms with Crippen LogP contribution in [0.4, 0.5) is 0 Å². The summed E-state index contributed by atoms with van der Waals surface area (Å²) in [5, 5.41) is 17.0. The van der Waals surface area contributed by atoms with Crippen LogP contribution in [0.2, 0.25) is 0 Å². The van der Waals surface area contributed by atoms with Gasteiger partial charge in [0.2, 0.25) is 0 Å². The van der Waals surface area contributed by atoms with E-state index in [1.807, 2.05) is 0 Å². The Kier molecular flexibility index (Phi) is 4.00. The first-order valence-electron chi connectivity index (χ1n) is 9.89. The lowest BCUT2D eigenvalue weighted by atomic mass is 9.68. The second-order valence-corrected chi connectivity index (χ2v) is 10.9. The summed E-state index contributed by atoms with van der Waals surface area (Å²) < 4.78 is 1.28. The first-order valence-corrected chi connectivity index (χ1v) is 11.9. The lowest BCUT2D eigenvalue weighted by Gasteiger charge is -2.52. The van der Waals surface area contributed by atoms with Crippen LogP contribution in [-0.4, -0.2) is 75.5 Å². The van der Waals surface area contributed by atoms with E-state index in [9.17, 15) is 9.90 Å². The molecule has 5 aliphatic heterocycles. The molecule has 0 aromatic heterocycles. The van der Waals surface area contributed by atoms with Gasteiger partial charge >= 0.3 is 0 Å². The summed E-state index contributed by atoms with van der Waals surface area (Å²) in [5.74, 6) is -1.08. The molecule has 9 N–H and O–H groups in total. The van der Waals surface area contributed by atoms with Gasteiger partial charge in [-0.15, -0.1) is 11.6 Å². The zero-order chi connectivity index (χ0) is 22.0. The lowest BCUT2D eigenvalue weighted by Crippen LogP contribution is -2.77.